The molecule has 0 aliphatic rings. The van der Waals surface area contributed by atoms with E-state index in [4.69, 9.17) is 16.2 Å². The summed E-state index contributed by atoms with van der Waals surface area (Å²) < 4.78 is 4.95. The molecule has 0 atom stereocenters. The first-order valence-electron chi connectivity index (χ1n) is 5.34. The molecule has 8 heteroatoms. The molecule has 0 aliphatic heterocycles. The van der Waals surface area contributed by atoms with Gasteiger partial charge in [-0.1, -0.05) is 24.7 Å². The molecule has 6 nitrogen and oxygen atoms in total. The quantitative estimate of drug-likeness (QED) is 0.487. The molecule has 0 saturated carbocycles. The number of aromatic nitrogens is 1. The number of guanidine groups is 1. The van der Waals surface area contributed by atoms with Crippen molar-refractivity contribution in [3.63, 3.8) is 0 Å². The zero-order valence-corrected chi connectivity index (χ0v) is 11.9. The number of carbonyl (C=O) groups is 1. The van der Waals surface area contributed by atoms with E-state index in [0.717, 1.165) is 17.8 Å². The molecule has 18 heavy (non-hydrogen) atoms. The number of esters is 1. The molecule has 1 aromatic rings. The van der Waals surface area contributed by atoms with E-state index in [1.807, 2.05) is 6.92 Å². The molecule has 0 bridgehead atoms. The Hall–Kier alpha value is -1.34. The Bertz CT molecular complexity index is 430. The van der Waals surface area contributed by atoms with Gasteiger partial charge >= 0.3 is 5.97 Å². The molecule has 0 fully saturated rings. The predicted molar refractivity (Wildman–Crippen MR) is 74.8 cm³/mol. The second-order valence-corrected chi connectivity index (χ2v) is 4.26. The van der Waals surface area contributed by atoms with Crippen LogP contribution in [0.2, 0.25) is 0 Å². The van der Waals surface area contributed by atoms with E-state index in [1.165, 1.54) is 0 Å². The van der Waals surface area contributed by atoms with Crippen LogP contribution in [0.3, 0.4) is 0 Å². The molecule has 102 valence electrons. The molecule has 0 aromatic carbocycles. The van der Waals surface area contributed by atoms with Crippen LogP contribution in [0.1, 0.15) is 35.6 Å². The SMILES string of the molecule is CCCc1nc(N=C(N)N)sc1C(=O)OCC.Cl. The largest absolute Gasteiger partial charge is 0.462 e. The Kier molecular flexibility index (Phi) is 7.30. The van der Waals surface area contributed by atoms with Gasteiger partial charge in [-0.3, -0.25) is 0 Å². The average Bonchev–Trinajstić information content (AvgIpc) is 2.61. The summed E-state index contributed by atoms with van der Waals surface area (Å²) in [5.41, 5.74) is 11.2. The Labute approximate surface area is 116 Å². The van der Waals surface area contributed by atoms with Crippen LogP contribution in [-0.2, 0) is 11.2 Å². The summed E-state index contributed by atoms with van der Waals surface area (Å²) in [6, 6.07) is 0. The predicted octanol–water partition coefficient (Wildman–Crippen LogP) is 1.60. The number of halogens is 1. The van der Waals surface area contributed by atoms with E-state index < -0.39 is 0 Å². The topological polar surface area (TPSA) is 104 Å². The van der Waals surface area contributed by atoms with Gasteiger partial charge in [0.25, 0.3) is 0 Å². The van der Waals surface area contributed by atoms with E-state index in [0.29, 0.717) is 28.7 Å². The van der Waals surface area contributed by atoms with Crippen LogP contribution in [0.4, 0.5) is 5.13 Å². The number of thiazole rings is 1. The van der Waals surface area contributed by atoms with Crippen molar-refractivity contribution in [1.29, 1.82) is 0 Å². The summed E-state index contributed by atoms with van der Waals surface area (Å²) >= 11 is 1.14. The number of hydrogen-bond acceptors (Lipinski definition) is 5. The van der Waals surface area contributed by atoms with Gasteiger partial charge in [0.1, 0.15) is 4.88 Å². The van der Waals surface area contributed by atoms with Crippen molar-refractivity contribution >= 4 is 40.8 Å². The molecule has 4 N–H and O–H groups in total. The molecular weight excluding hydrogens is 276 g/mol. The third-order valence-corrected chi connectivity index (χ3v) is 2.83. The van der Waals surface area contributed by atoms with Gasteiger partial charge in [-0.05, 0) is 13.3 Å². The summed E-state index contributed by atoms with van der Waals surface area (Å²) in [4.78, 5) is 20.2. The molecule has 1 heterocycles. The number of nitrogens with two attached hydrogens (primary N) is 2. The monoisotopic (exact) mass is 292 g/mol. The fourth-order valence-corrected chi connectivity index (χ4v) is 2.16. The van der Waals surface area contributed by atoms with Crippen molar-refractivity contribution in [2.45, 2.75) is 26.7 Å². The van der Waals surface area contributed by atoms with Gasteiger partial charge in [-0.15, -0.1) is 12.4 Å². The summed E-state index contributed by atoms with van der Waals surface area (Å²) in [6.45, 7) is 4.10. The smallest absolute Gasteiger partial charge is 0.350 e. The third-order valence-electron chi connectivity index (χ3n) is 1.86. The second kappa shape index (κ2) is 7.88. The van der Waals surface area contributed by atoms with Crippen LogP contribution < -0.4 is 11.5 Å². The lowest BCUT2D eigenvalue weighted by molar-refractivity contribution is 0.0530. The summed E-state index contributed by atoms with van der Waals surface area (Å²) in [5, 5.41) is 0.386. The normalized spacial score (nSPS) is 9.44. The molecule has 0 radical (unpaired) electrons. The van der Waals surface area contributed by atoms with Crippen LogP contribution in [0.25, 0.3) is 0 Å². The molecule has 1 aromatic heterocycles. The zero-order chi connectivity index (χ0) is 12.8. The number of rotatable bonds is 5. The minimum atomic E-state index is -0.370. The van der Waals surface area contributed by atoms with Gasteiger partial charge in [-0.2, -0.15) is 4.99 Å². The Balaban J connectivity index is 0.00000289. The van der Waals surface area contributed by atoms with E-state index in [1.54, 1.807) is 6.92 Å². The number of aryl methyl sites for hydroxylation is 1. The Morgan fingerprint density at radius 2 is 2.11 bits per heavy atom. The molecule has 0 saturated heterocycles. The maximum Gasteiger partial charge on any atom is 0.350 e. The molecule has 0 aliphatic carbocycles. The maximum absolute atomic E-state index is 11.7. The highest BCUT2D eigenvalue weighted by Crippen LogP contribution is 2.27. The lowest BCUT2D eigenvalue weighted by atomic mass is 10.2. The molecular formula is C10H17ClN4O2S. The van der Waals surface area contributed by atoms with Crippen molar-refractivity contribution in [1.82, 2.24) is 4.98 Å². The number of hydrogen-bond donors (Lipinski definition) is 2. The molecule has 0 amide bonds. The first-order chi connectivity index (χ1) is 8.08. The van der Waals surface area contributed by atoms with E-state index in [9.17, 15) is 4.79 Å². The van der Waals surface area contributed by atoms with Crippen molar-refractivity contribution in [3.05, 3.63) is 10.6 Å². The van der Waals surface area contributed by atoms with Crippen LogP contribution in [0.5, 0.6) is 0 Å². The van der Waals surface area contributed by atoms with Gasteiger partial charge in [0.15, 0.2) is 5.96 Å². The van der Waals surface area contributed by atoms with Crippen LogP contribution in [0.15, 0.2) is 4.99 Å². The number of nitrogens with zero attached hydrogens (tertiary/aromatic N) is 2. The number of carbonyl (C=O) groups excluding carboxylic acids is 1. The highest BCUT2D eigenvalue weighted by atomic mass is 35.5. The van der Waals surface area contributed by atoms with Crippen molar-refractivity contribution in [2.75, 3.05) is 6.61 Å². The fourth-order valence-electron chi connectivity index (χ4n) is 1.26. The highest BCUT2D eigenvalue weighted by Gasteiger charge is 2.18. The molecule has 0 spiro atoms. The summed E-state index contributed by atoms with van der Waals surface area (Å²) in [5.74, 6) is -0.442. The number of ether oxygens (including phenoxy) is 1. The zero-order valence-electron chi connectivity index (χ0n) is 10.3. The lowest BCUT2D eigenvalue weighted by Crippen LogP contribution is -2.21. The van der Waals surface area contributed by atoms with E-state index >= 15 is 0 Å². The lowest BCUT2D eigenvalue weighted by Gasteiger charge is -2.00. The van der Waals surface area contributed by atoms with E-state index in [-0.39, 0.29) is 24.3 Å². The van der Waals surface area contributed by atoms with Crippen LogP contribution >= 0.6 is 23.7 Å². The minimum Gasteiger partial charge on any atom is -0.462 e. The average molecular weight is 293 g/mol. The van der Waals surface area contributed by atoms with Crippen molar-refractivity contribution in [2.24, 2.45) is 16.5 Å². The first-order valence-corrected chi connectivity index (χ1v) is 6.16. The Morgan fingerprint density at radius 3 is 2.61 bits per heavy atom. The van der Waals surface area contributed by atoms with Gasteiger partial charge < -0.3 is 16.2 Å². The summed E-state index contributed by atoms with van der Waals surface area (Å²) in [7, 11) is 0. The highest BCUT2D eigenvalue weighted by molar-refractivity contribution is 7.17. The van der Waals surface area contributed by atoms with Crippen molar-refractivity contribution in [3.8, 4) is 0 Å². The van der Waals surface area contributed by atoms with Gasteiger partial charge in [0.05, 0.1) is 12.3 Å². The molecule has 1 rings (SSSR count). The van der Waals surface area contributed by atoms with Gasteiger partial charge in [0.2, 0.25) is 5.13 Å². The summed E-state index contributed by atoms with van der Waals surface area (Å²) in [6.07, 6.45) is 1.59. The van der Waals surface area contributed by atoms with E-state index in [2.05, 4.69) is 9.98 Å². The minimum absolute atomic E-state index is 0. The third kappa shape index (κ3) is 4.50. The second-order valence-electron chi connectivity index (χ2n) is 3.28. The molecule has 0 unspecified atom stereocenters. The van der Waals surface area contributed by atoms with Crippen LogP contribution in [0, 0.1) is 0 Å². The van der Waals surface area contributed by atoms with Gasteiger partial charge in [-0.25, -0.2) is 9.78 Å². The maximum atomic E-state index is 11.7. The van der Waals surface area contributed by atoms with Gasteiger partial charge in [0, 0.05) is 0 Å². The Morgan fingerprint density at radius 1 is 1.44 bits per heavy atom. The van der Waals surface area contributed by atoms with Crippen LogP contribution in [-0.4, -0.2) is 23.5 Å². The fraction of sp³-hybridized carbons (Fsp3) is 0.500. The standard InChI is InChI=1S/C10H16N4O2S.ClH/c1-3-5-6-7(8(15)16-4-2)17-10(13-6)14-9(11)12;/h3-5H2,1-2H3,(H4,11,12,13,14);1H. The first kappa shape index (κ1) is 16.7. The number of aliphatic imine (C=N–C) groups is 1. The van der Waals surface area contributed by atoms with Crippen molar-refractivity contribution < 1.29 is 9.53 Å².